The first-order valence-electron chi connectivity index (χ1n) is 8.99. The number of aromatic nitrogens is 2. The van der Waals surface area contributed by atoms with E-state index in [-0.39, 0.29) is 58.5 Å². The maximum absolute atomic E-state index is 14.9. The van der Waals surface area contributed by atoms with Crippen molar-refractivity contribution in [1.29, 1.82) is 0 Å². The van der Waals surface area contributed by atoms with E-state index in [0.717, 1.165) is 6.07 Å². The Kier molecular flexibility index (Phi) is 6.60. The SMILES string of the molecule is C[C@@H]1CN(c2nc3c(cc2F)c(=O)c(C(=O)O)cn3C(C)(C)C)C[C@H](C)N1.[Na+]. The molecule has 0 bridgehead atoms. The van der Waals surface area contributed by atoms with Crippen LogP contribution in [-0.2, 0) is 5.54 Å². The molecule has 7 nitrogen and oxygen atoms in total. The number of aromatic carboxylic acids is 1. The van der Waals surface area contributed by atoms with E-state index in [1.54, 1.807) is 4.57 Å². The largest absolute Gasteiger partial charge is 1.00 e. The number of piperazine rings is 1. The van der Waals surface area contributed by atoms with Gasteiger partial charge in [-0.15, -0.1) is 0 Å². The minimum absolute atomic E-state index is 0. The van der Waals surface area contributed by atoms with Gasteiger partial charge < -0.3 is 19.9 Å². The number of nitrogens with one attached hydrogen (secondary N) is 1. The summed E-state index contributed by atoms with van der Waals surface area (Å²) < 4.78 is 16.5. The molecule has 2 atom stereocenters. The molecule has 0 aliphatic carbocycles. The number of carboxylic acid groups (broad SMARTS) is 1. The van der Waals surface area contributed by atoms with E-state index in [4.69, 9.17) is 0 Å². The van der Waals surface area contributed by atoms with E-state index in [9.17, 15) is 19.1 Å². The summed E-state index contributed by atoms with van der Waals surface area (Å²) in [6.07, 6.45) is 1.30. The number of nitrogens with zero attached hydrogens (tertiary/aromatic N) is 3. The molecule has 2 aromatic rings. The van der Waals surface area contributed by atoms with Crippen molar-refractivity contribution in [1.82, 2.24) is 14.9 Å². The monoisotopic (exact) mass is 399 g/mol. The number of hydrogen-bond acceptors (Lipinski definition) is 5. The summed E-state index contributed by atoms with van der Waals surface area (Å²) in [6.45, 7) is 10.9. The Morgan fingerprint density at radius 3 is 2.36 bits per heavy atom. The summed E-state index contributed by atoms with van der Waals surface area (Å²) in [5.41, 5.74) is -1.37. The molecule has 0 amide bonds. The van der Waals surface area contributed by atoms with Crippen LogP contribution in [0.3, 0.4) is 0 Å². The van der Waals surface area contributed by atoms with Gasteiger partial charge in [0.1, 0.15) is 11.2 Å². The molecular formula is C19H25FN4NaO3+. The van der Waals surface area contributed by atoms with Crippen LogP contribution in [0.4, 0.5) is 10.2 Å². The number of anilines is 1. The van der Waals surface area contributed by atoms with E-state index in [0.29, 0.717) is 13.1 Å². The van der Waals surface area contributed by atoms with Gasteiger partial charge in [0.2, 0.25) is 5.43 Å². The smallest absolute Gasteiger partial charge is 0.477 e. The number of pyridine rings is 2. The minimum Gasteiger partial charge on any atom is -0.477 e. The third-order valence-electron chi connectivity index (χ3n) is 4.72. The van der Waals surface area contributed by atoms with Crippen LogP contribution in [0.5, 0.6) is 0 Å². The van der Waals surface area contributed by atoms with Gasteiger partial charge in [-0.2, -0.15) is 0 Å². The Morgan fingerprint density at radius 2 is 1.86 bits per heavy atom. The second-order valence-electron chi connectivity index (χ2n) is 8.26. The molecule has 28 heavy (non-hydrogen) atoms. The standard InChI is InChI=1S/C19H25FN4O3.Na/c1-10-7-23(8-11(2)21-10)17-14(20)6-12-15(25)13(18(26)27)9-24(16(12)22-17)19(3,4)5;/h6,9-11,21H,7-8H2,1-5H3,(H,26,27);/q;+1/t10-,11+;. The van der Waals surface area contributed by atoms with Crippen LogP contribution in [-0.4, -0.2) is 45.8 Å². The van der Waals surface area contributed by atoms with Crippen molar-refractivity contribution in [2.75, 3.05) is 18.0 Å². The molecule has 1 aliphatic rings. The van der Waals surface area contributed by atoms with Gasteiger partial charge in [0.05, 0.1) is 5.39 Å². The van der Waals surface area contributed by atoms with Crippen molar-refractivity contribution in [3.8, 4) is 0 Å². The van der Waals surface area contributed by atoms with Gasteiger partial charge in [-0.25, -0.2) is 14.2 Å². The topological polar surface area (TPSA) is 87.5 Å². The van der Waals surface area contributed by atoms with Crippen molar-refractivity contribution in [3.05, 3.63) is 33.9 Å². The molecule has 1 saturated heterocycles. The fourth-order valence-corrected chi connectivity index (χ4v) is 3.60. The average molecular weight is 399 g/mol. The normalized spacial score (nSPS) is 20.1. The Bertz CT molecular complexity index is 960. The maximum atomic E-state index is 14.9. The summed E-state index contributed by atoms with van der Waals surface area (Å²) in [7, 11) is 0. The van der Waals surface area contributed by atoms with Gasteiger partial charge in [-0.1, -0.05) is 0 Å². The zero-order chi connectivity index (χ0) is 20.1. The Labute approximate surface area is 185 Å². The van der Waals surface area contributed by atoms with E-state index < -0.39 is 28.3 Å². The molecular weight excluding hydrogens is 374 g/mol. The summed E-state index contributed by atoms with van der Waals surface area (Å²) in [6, 6.07) is 1.46. The Hall–Kier alpha value is -1.48. The molecule has 146 valence electrons. The number of rotatable bonds is 2. The van der Waals surface area contributed by atoms with Crippen LogP contribution >= 0.6 is 0 Å². The number of carbonyl (C=O) groups is 1. The molecule has 1 fully saturated rings. The van der Waals surface area contributed by atoms with E-state index >= 15 is 0 Å². The van der Waals surface area contributed by atoms with Crippen molar-refractivity contribution >= 4 is 22.8 Å². The van der Waals surface area contributed by atoms with Crippen LogP contribution in [0.1, 0.15) is 45.0 Å². The van der Waals surface area contributed by atoms with Crippen LogP contribution in [0, 0.1) is 5.82 Å². The van der Waals surface area contributed by atoms with Crippen molar-refractivity contribution < 1.29 is 43.8 Å². The molecule has 2 N–H and O–H groups in total. The second kappa shape index (κ2) is 8.10. The van der Waals surface area contributed by atoms with E-state index in [1.165, 1.54) is 6.20 Å². The number of hydrogen-bond donors (Lipinski definition) is 2. The van der Waals surface area contributed by atoms with E-state index in [2.05, 4.69) is 10.3 Å². The van der Waals surface area contributed by atoms with Gasteiger partial charge in [-0.3, -0.25) is 4.79 Å². The Morgan fingerprint density at radius 1 is 1.29 bits per heavy atom. The quantitative estimate of drug-likeness (QED) is 0.642. The first-order chi connectivity index (χ1) is 12.5. The zero-order valence-electron chi connectivity index (χ0n) is 17.2. The van der Waals surface area contributed by atoms with Crippen molar-refractivity contribution in [2.24, 2.45) is 0 Å². The summed E-state index contributed by atoms with van der Waals surface area (Å²) >= 11 is 0. The van der Waals surface area contributed by atoms with Gasteiger partial charge in [0, 0.05) is 36.9 Å². The molecule has 0 unspecified atom stereocenters. The molecule has 0 radical (unpaired) electrons. The summed E-state index contributed by atoms with van der Waals surface area (Å²) in [5, 5.41) is 12.7. The minimum atomic E-state index is -1.34. The number of fused-ring (bicyclic) bond motifs is 1. The van der Waals surface area contributed by atoms with Gasteiger partial charge >= 0.3 is 35.5 Å². The molecule has 0 saturated carbocycles. The maximum Gasteiger partial charge on any atom is 1.00 e. The zero-order valence-corrected chi connectivity index (χ0v) is 19.2. The third-order valence-corrected chi connectivity index (χ3v) is 4.72. The van der Waals surface area contributed by atoms with Crippen LogP contribution in [0.2, 0.25) is 0 Å². The first-order valence-corrected chi connectivity index (χ1v) is 8.99. The predicted molar refractivity (Wildman–Crippen MR) is 102 cm³/mol. The fourth-order valence-electron chi connectivity index (χ4n) is 3.60. The summed E-state index contributed by atoms with van der Waals surface area (Å²) in [5.74, 6) is -1.78. The third kappa shape index (κ3) is 4.25. The first kappa shape index (κ1) is 22.8. The van der Waals surface area contributed by atoms with Gasteiger partial charge in [0.15, 0.2) is 11.6 Å². The number of carboxylic acids is 1. The molecule has 0 aromatic carbocycles. The van der Waals surface area contributed by atoms with E-state index in [1.807, 2.05) is 39.5 Å². The Balaban J connectivity index is 0.00000280. The summed E-state index contributed by atoms with van der Waals surface area (Å²) in [4.78, 5) is 30.4. The average Bonchev–Trinajstić information content (AvgIpc) is 2.52. The molecule has 0 spiro atoms. The van der Waals surface area contributed by atoms with Crippen molar-refractivity contribution in [3.63, 3.8) is 0 Å². The molecule has 1 aliphatic heterocycles. The fraction of sp³-hybridized carbons (Fsp3) is 0.526. The molecule has 3 heterocycles. The molecule has 2 aromatic heterocycles. The molecule has 9 heteroatoms. The molecule has 3 rings (SSSR count). The van der Waals surface area contributed by atoms with Crippen LogP contribution in [0.25, 0.3) is 11.0 Å². The van der Waals surface area contributed by atoms with Crippen LogP contribution in [0.15, 0.2) is 17.1 Å². The van der Waals surface area contributed by atoms with Crippen LogP contribution < -0.4 is 45.2 Å². The predicted octanol–water partition coefficient (Wildman–Crippen LogP) is -0.821. The number of halogens is 1. The van der Waals surface area contributed by atoms with Gasteiger partial charge in [-0.05, 0) is 40.7 Å². The van der Waals surface area contributed by atoms with Crippen molar-refractivity contribution in [2.45, 2.75) is 52.2 Å². The second-order valence-corrected chi connectivity index (χ2v) is 8.26. The van der Waals surface area contributed by atoms with Gasteiger partial charge in [0.25, 0.3) is 0 Å².